The first-order valence-corrected chi connectivity index (χ1v) is 7.70. The molecule has 0 radical (unpaired) electrons. The van der Waals surface area contributed by atoms with Gasteiger partial charge in [-0.3, -0.25) is 4.98 Å². The standard InChI is InChI=1S/C19H33N/c1-12-14(17(3,4)5)13(2)16(19(9,10)11)20-15(12)18(6,7)8/h1-11H3. The van der Waals surface area contributed by atoms with Crippen LogP contribution >= 0.6 is 0 Å². The van der Waals surface area contributed by atoms with Gasteiger partial charge in [0.05, 0.1) is 0 Å². The lowest BCUT2D eigenvalue weighted by Gasteiger charge is -2.34. The van der Waals surface area contributed by atoms with Crippen LogP contribution in [-0.4, -0.2) is 4.98 Å². The lowest BCUT2D eigenvalue weighted by atomic mass is 9.74. The minimum atomic E-state index is 0.0811. The third kappa shape index (κ3) is 3.24. The van der Waals surface area contributed by atoms with Gasteiger partial charge in [-0.15, -0.1) is 0 Å². The lowest BCUT2D eigenvalue weighted by Crippen LogP contribution is -2.27. The summed E-state index contributed by atoms with van der Waals surface area (Å²) in [6.45, 7) is 25.0. The molecule has 20 heavy (non-hydrogen) atoms. The Labute approximate surface area is 126 Å². The van der Waals surface area contributed by atoms with Gasteiger partial charge in [0.25, 0.3) is 0 Å². The van der Waals surface area contributed by atoms with Crippen molar-refractivity contribution < 1.29 is 0 Å². The molecule has 0 aliphatic rings. The molecule has 1 heterocycles. The van der Waals surface area contributed by atoms with Crippen molar-refractivity contribution in [3.05, 3.63) is 28.1 Å². The summed E-state index contributed by atoms with van der Waals surface area (Å²) in [6, 6.07) is 0. The molecule has 0 atom stereocenters. The highest BCUT2D eigenvalue weighted by atomic mass is 14.8. The van der Waals surface area contributed by atoms with Gasteiger partial charge in [-0.05, 0) is 36.0 Å². The van der Waals surface area contributed by atoms with Gasteiger partial charge in [-0.2, -0.15) is 0 Å². The van der Waals surface area contributed by atoms with Gasteiger partial charge in [0, 0.05) is 22.2 Å². The Morgan fingerprint density at radius 2 is 0.850 bits per heavy atom. The van der Waals surface area contributed by atoms with Gasteiger partial charge in [0.2, 0.25) is 0 Å². The van der Waals surface area contributed by atoms with E-state index in [2.05, 4.69) is 76.2 Å². The molecule has 0 saturated carbocycles. The predicted molar refractivity (Wildman–Crippen MR) is 89.8 cm³/mol. The molecule has 0 bridgehead atoms. The molecule has 0 amide bonds. The summed E-state index contributed by atoms with van der Waals surface area (Å²) in [7, 11) is 0. The van der Waals surface area contributed by atoms with Gasteiger partial charge < -0.3 is 0 Å². The molecule has 0 unspecified atom stereocenters. The summed E-state index contributed by atoms with van der Waals surface area (Å²) in [5, 5.41) is 0. The smallest absolute Gasteiger partial charge is 0.0492 e. The van der Waals surface area contributed by atoms with Gasteiger partial charge in [0.15, 0.2) is 0 Å². The lowest BCUT2D eigenvalue weighted by molar-refractivity contribution is 0.506. The fraction of sp³-hybridized carbons (Fsp3) is 0.737. The summed E-state index contributed by atoms with van der Waals surface area (Å²) in [4.78, 5) is 5.09. The first kappa shape index (κ1) is 17.2. The van der Waals surface area contributed by atoms with Crippen LogP contribution in [0.15, 0.2) is 0 Å². The molecule has 0 fully saturated rings. The monoisotopic (exact) mass is 275 g/mol. The normalized spacial score (nSPS) is 13.8. The van der Waals surface area contributed by atoms with E-state index in [0.717, 1.165) is 0 Å². The number of hydrogen-bond acceptors (Lipinski definition) is 1. The quantitative estimate of drug-likeness (QED) is 0.601. The Morgan fingerprint density at radius 3 is 1.05 bits per heavy atom. The van der Waals surface area contributed by atoms with E-state index in [1.807, 2.05) is 0 Å². The van der Waals surface area contributed by atoms with Crippen LogP contribution in [0.3, 0.4) is 0 Å². The first-order chi connectivity index (χ1) is 8.67. The maximum absolute atomic E-state index is 5.09. The molecule has 1 aromatic heterocycles. The minimum absolute atomic E-state index is 0.0811. The average molecular weight is 275 g/mol. The van der Waals surface area contributed by atoms with Crippen molar-refractivity contribution in [3.63, 3.8) is 0 Å². The van der Waals surface area contributed by atoms with Crippen molar-refractivity contribution >= 4 is 0 Å². The summed E-state index contributed by atoms with van der Waals surface area (Å²) in [5.41, 5.74) is 7.02. The number of aromatic nitrogens is 1. The van der Waals surface area contributed by atoms with Crippen molar-refractivity contribution in [1.29, 1.82) is 0 Å². The van der Waals surface area contributed by atoms with Gasteiger partial charge in [-0.25, -0.2) is 0 Å². The van der Waals surface area contributed by atoms with E-state index in [9.17, 15) is 0 Å². The number of rotatable bonds is 0. The van der Waals surface area contributed by atoms with E-state index in [0.29, 0.717) is 0 Å². The molecule has 0 saturated heterocycles. The van der Waals surface area contributed by atoms with Crippen molar-refractivity contribution in [2.24, 2.45) is 0 Å². The molecular formula is C19H33N. The summed E-state index contributed by atoms with van der Waals surface area (Å²) in [6.07, 6.45) is 0. The second-order valence-electron chi connectivity index (χ2n) is 9.18. The SMILES string of the molecule is Cc1c(C(C)(C)C)nc(C(C)(C)C)c(C)c1C(C)(C)C. The molecule has 1 aromatic rings. The Balaban J connectivity index is 3.86. The van der Waals surface area contributed by atoms with Crippen LogP contribution in [0.2, 0.25) is 0 Å². The fourth-order valence-electron chi connectivity index (χ4n) is 3.38. The largest absolute Gasteiger partial charge is 0.256 e. The third-order valence-corrected chi connectivity index (χ3v) is 3.85. The first-order valence-electron chi connectivity index (χ1n) is 7.70. The van der Waals surface area contributed by atoms with Crippen LogP contribution in [0.1, 0.15) is 90.4 Å². The van der Waals surface area contributed by atoms with Crippen LogP contribution in [-0.2, 0) is 16.2 Å². The van der Waals surface area contributed by atoms with Crippen LogP contribution < -0.4 is 0 Å². The Kier molecular flexibility index (Phi) is 4.18. The van der Waals surface area contributed by atoms with Crippen molar-refractivity contribution in [2.75, 3.05) is 0 Å². The number of nitrogens with zero attached hydrogens (tertiary/aromatic N) is 1. The molecule has 1 nitrogen and oxygen atoms in total. The van der Waals surface area contributed by atoms with Crippen molar-refractivity contribution in [2.45, 2.75) is 92.4 Å². The molecule has 0 aliphatic heterocycles. The zero-order chi connectivity index (χ0) is 16.1. The van der Waals surface area contributed by atoms with Gasteiger partial charge >= 0.3 is 0 Å². The topological polar surface area (TPSA) is 12.9 Å². The number of hydrogen-bond donors (Lipinski definition) is 0. The zero-order valence-corrected chi connectivity index (χ0v) is 15.4. The molecule has 0 spiro atoms. The molecule has 0 N–H and O–H groups in total. The van der Waals surface area contributed by atoms with Gasteiger partial charge in [-0.1, -0.05) is 62.3 Å². The molecule has 114 valence electrons. The maximum Gasteiger partial charge on any atom is 0.0492 e. The number of pyridine rings is 1. The Bertz CT molecular complexity index is 464. The third-order valence-electron chi connectivity index (χ3n) is 3.85. The second-order valence-corrected chi connectivity index (χ2v) is 9.18. The summed E-state index contributed by atoms with van der Waals surface area (Å²) in [5.74, 6) is 0. The summed E-state index contributed by atoms with van der Waals surface area (Å²) >= 11 is 0. The van der Waals surface area contributed by atoms with E-state index in [1.54, 1.807) is 0 Å². The molecule has 1 heteroatoms. The van der Waals surface area contributed by atoms with Crippen molar-refractivity contribution in [3.8, 4) is 0 Å². The van der Waals surface area contributed by atoms with E-state index < -0.39 is 0 Å². The average Bonchev–Trinajstić information content (AvgIpc) is 2.10. The van der Waals surface area contributed by atoms with Crippen molar-refractivity contribution in [1.82, 2.24) is 4.98 Å². The van der Waals surface area contributed by atoms with Gasteiger partial charge in [0.1, 0.15) is 0 Å². The van der Waals surface area contributed by atoms with Crippen LogP contribution in [0.25, 0.3) is 0 Å². The maximum atomic E-state index is 5.09. The highest BCUT2D eigenvalue weighted by Gasteiger charge is 2.31. The Morgan fingerprint density at radius 1 is 0.550 bits per heavy atom. The zero-order valence-electron chi connectivity index (χ0n) is 15.4. The predicted octanol–water partition coefficient (Wildman–Crippen LogP) is 5.59. The fourth-order valence-corrected chi connectivity index (χ4v) is 3.38. The van der Waals surface area contributed by atoms with Crippen LogP contribution in [0.5, 0.6) is 0 Å². The molecule has 0 aliphatic carbocycles. The summed E-state index contributed by atoms with van der Waals surface area (Å²) < 4.78 is 0. The molecule has 0 aromatic carbocycles. The van der Waals surface area contributed by atoms with E-state index in [1.165, 1.54) is 28.1 Å². The van der Waals surface area contributed by atoms with E-state index >= 15 is 0 Å². The van der Waals surface area contributed by atoms with E-state index in [4.69, 9.17) is 4.98 Å². The highest BCUT2D eigenvalue weighted by Crippen LogP contribution is 2.38. The Hall–Kier alpha value is -0.850. The second kappa shape index (κ2) is 4.86. The highest BCUT2D eigenvalue weighted by molar-refractivity contribution is 5.47. The minimum Gasteiger partial charge on any atom is -0.256 e. The molecular weight excluding hydrogens is 242 g/mol. The van der Waals surface area contributed by atoms with Crippen LogP contribution in [0, 0.1) is 13.8 Å². The van der Waals surface area contributed by atoms with Crippen LogP contribution in [0.4, 0.5) is 0 Å². The van der Waals surface area contributed by atoms with E-state index in [-0.39, 0.29) is 16.2 Å². The molecule has 1 rings (SSSR count).